The van der Waals surface area contributed by atoms with Gasteiger partial charge in [0.15, 0.2) is 6.23 Å². The van der Waals surface area contributed by atoms with Gasteiger partial charge in [-0.05, 0) is 17.7 Å². The van der Waals surface area contributed by atoms with Crippen molar-refractivity contribution in [2.75, 3.05) is 0 Å². The van der Waals surface area contributed by atoms with Gasteiger partial charge in [-0.1, -0.05) is 48.5 Å². The van der Waals surface area contributed by atoms with Crippen molar-refractivity contribution in [3.63, 3.8) is 0 Å². The fourth-order valence-electron chi connectivity index (χ4n) is 2.32. The molecule has 0 spiro atoms. The molecule has 3 rings (SSSR count). The third-order valence-electron chi connectivity index (χ3n) is 3.52. The molecule has 3 N–H and O–H groups in total. The molecule has 3 amide bonds. The highest BCUT2D eigenvalue weighted by Gasteiger charge is 2.28. The van der Waals surface area contributed by atoms with Crippen LogP contribution in [-0.2, 0) is 11.4 Å². The molecule has 6 heteroatoms. The molecule has 2 aromatic carbocycles. The Bertz CT molecular complexity index is 787. The molecule has 1 atom stereocenters. The summed E-state index contributed by atoms with van der Waals surface area (Å²) in [4.78, 5) is 23.0. The molecule has 24 heavy (non-hydrogen) atoms. The summed E-state index contributed by atoms with van der Waals surface area (Å²) in [5, 5.41) is 14.2. The molecule has 2 aromatic rings. The number of benzene rings is 2. The van der Waals surface area contributed by atoms with Crippen molar-refractivity contribution in [3.8, 4) is 5.75 Å². The molecule has 0 saturated carbocycles. The zero-order valence-electron chi connectivity index (χ0n) is 12.7. The lowest BCUT2D eigenvalue weighted by molar-refractivity contribution is -0.118. The number of imide groups is 1. The number of ether oxygens (including phenoxy) is 1. The highest BCUT2D eigenvalue weighted by Crippen LogP contribution is 2.23. The number of carbonyl (C=O) groups is 2. The van der Waals surface area contributed by atoms with Gasteiger partial charge < -0.3 is 15.2 Å². The van der Waals surface area contributed by atoms with Gasteiger partial charge >= 0.3 is 6.03 Å². The monoisotopic (exact) mass is 324 g/mol. The SMILES string of the molecule is O=C1NC(=O)C(=Cc2ccccc2OCc2ccccc2)C(O)N1. The van der Waals surface area contributed by atoms with Crippen LogP contribution in [0.3, 0.4) is 0 Å². The fraction of sp³-hybridized carbons (Fsp3) is 0.111. The Kier molecular flexibility index (Phi) is 4.58. The van der Waals surface area contributed by atoms with Gasteiger partial charge in [0.1, 0.15) is 12.4 Å². The predicted molar refractivity (Wildman–Crippen MR) is 87.9 cm³/mol. The Morgan fingerprint density at radius 1 is 1.04 bits per heavy atom. The molecule has 1 fully saturated rings. The van der Waals surface area contributed by atoms with Crippen molar-refractivity contribution in [2.45, 2.75) is 12.8 Å². The molecule has 0 radical (unpaired) electrons. The van der Waals surface area contributed by atoms with Crippen LogP contribution in [0.4, 0.5) is 4.79 Å². The van der Waals surface area contributed by atoms with Crippen LogP contribution < -0.4 is 15.4 Å². The molecular formula is C18H16N2O4. The molecule has 1 unspecified atom stereocenters. The van der Waals surface area contributed by atoms with Gasteiger partial charge in [-0.15, -0.1) is 0 Å². The van der Waals surface area contributed by atoms with E-state index in [0.717, 1.165) is 5.56 Å². The van der Waals surface area contributed by atoms with E-state index < -0.39 is 18.2 Å². The first-order valence-corrected chi connectivity index (χ1v) is 7.41. The van der Waals surface area contributed by atoms with E-state index in [2.05, 4.69) is 10.6 Å². The second-order valence-corrected chi connectivity index (χ2v) is 5.24. The van der Waals surface area contributed by atoms with Crippen LogP contribution in [0.5, 0.6) is 5.75 Å². The molecule has 6 nitrogen and oxygen atoms in total. The molecule has 1 saturated heterocycles. The van der Waals surface area contributed by atoms with Crippen molar-refractivity contribution in [3.05, 3.63) is 71.3 Å². The summed E-state index contributed by atoms with van der Waals surface area (Å²) in [6.07, 6.45) is 0.146. The van der Waals surface area contributed by atoms with E-state index in [9.17, 15) is 14.7 Å². The van der Waals surface area contributed by atoms with Crippen LogP contribution in [0, 0.1) is 0 Å². The molecule has 122 valence electrons. The summed E-state index contributed by atoms with van der Waals surface area (Å²) in [6, 6.07) is 16.1. The number of urea groups is 1. The molecule has 0 aliphatic carbocycles. The van der Waals surface area contributed by atoms with Crippen molar-refractivity contribution in [1.29, 1.82) is 0 Å². The Morgan fingerprint density at radius 3 is 2.50 bits per heavy atom. The average molecular weight is 324 g/mol. The zero-order valence-corrected chi connectivity index (χ0v) is 12.7. The average Bonchev–Trinajstić information content (AvgIpc) is 2.58. The summed E-state index contributed by atoms with van der Waals surface area (Å²) in [5.41, 5.74) is 1.70. The number of amides is 3. The van der Waals surface area contributed by atoms with Crippen molar-refractivity contribution >= 4 is 18.0 Å². The van der Waals surface area contributed by atoms with E-state index in [-0.39, 0.29) is 5.57 Å². The number of para-hydroxylation sites is 1. The first-order chi connectivity index (χ1) is 11.6. The van der Waals surface area contributed by atoms with E-state index in [1.54, 1.807) is 18.2 Å². The lowest BCUT2D eigenvalue weighted by Crippen LogP contribution is -2.53. The van der Waals surface area contributed by atoms with Gasteiger partial charge in [-0.2, -0.15) is 0 Å². The highest BCUT2D eigenvalue weighted by atomic mass is 16.5. The van der Waals surface area contributed by atoms with E-state index in [0.29, 0.717) is 17.9 Å². The summed E-state index contributed by atoms with van der Waals surface area (Å²) in [6.45, 7) is 0.381. The fourth-order valence-corrected chi connectivity index (χ4v) is 2.32. The van der Waals surface area contributed by atoms with Gasteiger partial charge in [0, 0.05) is 5.56 Å². The Balaban J connectivity index is 1.82. The Morgan fingerprint density at radius 2 is 1.75 bits per heavy atom. The second-order valence-electron chi connectivity index (χ2n) is 5.24. The largest absolute Gasteiger partial charge is 0.488 e. The van der Waals surface area contributed by atoms with Gasteiger partial charge in [0.05, 0.1) is 5.57 Å². The number of aliphatic hydroxyl groups excluding tert-OH is 1. The van der Waals surface area contributed by atoms with Crippen LogP contribution in [0.2, 0.25) is 0 Å². The third-order valence-corrected chi connectivity index (χ3v) is 3.52. The van der Waals surface area contributed by atoms with Crippen molar-refractivity contribution in [2.24, 2.45) is 0 Å². The van der Waals surface area contributed by atoms with Crippen LogP contribution in [0.25, 0.3) is 6.08 Å². The third kappa shape index (κ3) is 3.61. The van der Waals surface area contributed by atoms with E-state index in [4.69, 9.17) is 4.74 Å². The number of carbonyl (C=O) groups excluding carboxylic acids is 2. The van der Waals surface area contributed by atoms with Crippen LogP contribution in [0.1, 0.15) is 11.1 Å². The lowest BCUT2D eigenvalue weighted by Gasteiger charge is -2.21. The quantitative estimate of drug-likeness (QED) is 0.749. The Labute approximate surface area is 138 Å². The van der Waals surface area contributed by atoms with Crippen molar-refractivity contribution < 1.29 is 19.4 Å². The van der Waals surface area contributed by atoms with E-state index in [1.165, 1.54) is 6.08 Å². The first-order valence-electron chi connectivity index (χ1n) is 7.41. The van der Waals surface area contributed by atoms with E-state index >= 15 is 0 Å². The molecule has 1 aliphatic heterocycles. The Hall–Kier alpha value is -3.12. The summed E-state index contributed by atoms with van der Waals surface area (Å²) >= 11 is 0. The zero-order chi connectivity index (χ0) is 16.9. The summed E-state index contributed by atoms with van der Waals surface area (Å²) in [7, 11) is 0. The second kappa shape index (κ2) is 6.97. The maximum Gasteiger partial charge on any atom is 0.323 e. The maximum atomic E-state index is 11.9. The topological polar surface area (TPSA) is 87.7 Å². The number of rotatable bonds is 4. The molecule has 0 bridgehead atoms. The minimum Gasteiger partial charge on any atom is -0.488 e. The van der Waals surface area contributed by atoms with Crippen LogP contribution >= 0.6 is 0 Å². The molecular weight excluding hydrogens is 308 g/mol. The number of hydrogen-bond donors (Lipinski definition) is 3. The van der Waals surface area contributed by atoms with Gasteiger partial charge in [-0.3, -0.25) is 10.1 Å². The van der Waals surface area contributed by atoms with Crippen LogP contribution in [0.15, 0.2) is 60.2 Å². The number of aliphatic hydroxyl groups is 1. The number of hydrogen-bond acceptors (Lipinski definition) is 4. The molecule has 1 aliphatic rings. The van der Waals surface area contributed by atoms with Crippen molar-refractivity contribution in [1.82, 2.24) is 10.6 Å². The van der Waals surface area contributed by atoms with Gasteiger partial charge in [0.2, 0.25) is 0 Å². The van der Waals surface area contributed by atoms with Gasteiger partial charge in [-0.25, -0.2) is 4.79 Å². The molecule has 0 aromatic heterocycles. The first kappa shape index (κ1) is 15.8. The van der Waals surface area contributed by atoms with E-state index in [1.807, 2.05) is 36.4 Å². The maximum absolute atomic E-state index is 11.9. The highest BCUT2D eigenvalue weighted by molar-refractivity contribution is 6.09. The minimum atomic E-state index is -1.35. The standard InChI is InChI=1S/C18H16N2O4/c21-16-14(17(22)20-18(23)19-16)10-13-8-4-5-9-15(13)24-11-12-6-2-1-3-7-12/h1-10,16,21H,11H2,(H2,19,20,22,23). The predicted octanol–water partition coefficient (Wildman–Crippen LogP) is 1.81. The summed E-state index contributed by atoms with van der Waals surface area (Å²) in [5.74, 6) is -0.0603. The van der Waals surface area contributed by atoms with Crippen LogP contribution in [-0.4, -0.2) is 23.3 Å². The number of nitrogens with one attached hydrogen (secondary N) is 2. The smallest absolute Gasteiger partial charge is 0.323 e. The summed E-state index contributed by atoms with van der Waals surface area (Å²) < 4.78 is 5.81. The normalized spacial score (nSPS) is 18.9. The molecule has 1 heterocycles. The van der Waals surface area contributed by atoms with Gasteiger partial charge in [0.25, 0.3) is 5.91 Å². The lowest BCUT2D eigenvalue weighted by atomic mass is 10.1. The minimum absolute atomic E-state index is 0.0466.